The summed E-state index contributed by atoms with van der Waals surface area (Å²) >= 11 is 5.35. The summed E-state index contributed by atoms with van der Waals surface area (Å²) in [4.78, 5) is 10.9. The third-order valence-corrected chi connectivity index (χ3v) is 4.20. The van der Waals surface area contributed by atoms with Crippen LogP contribution < -0.4 is 0 Å². The van der Waals surface area contributed by atoms with Crippen LogP contribution in [0.1, 0.15) is 28.3 Å². The van der Waals surface area contributed by atoms with Gasteiger partial charge in [0.15, 0.2) is 0 Å². The Balaban J connectivity index is 2.35. The molecule has 1 unspecified atom stereocenters. The van der Waals surface area contributed by atoms with Gasteiger partial charge in [0.2, 0.25) is 0 Å². The molecule has 74 valence electrons. The molecule has 1 aliphatic rings. The average Bonchev–Trinajstić information content (AvgIpc) is 2.70. The van der Waals surface area contributed by atoms with Crippen molar-refractivity contribution in [3.05, 3.63) is 33.8 Å². The molecular formula is C11H11BrOS. The second-order valence-electron chi connectivity index (χ2n) is 3.45. The number of thioether (sulfide) groups is 1. The van der Waals surface area contributed by atoms with Crippen molar-refractivity contribution in [3.63, 3.8) is 0 Å². The lowest BCUT2D eigenvalue weighted by atomic mass is 9.94. The largest absolute Gasteiger partial charge is 0.298 e. The number of aldehydes is 1. The van der Waals surface area contributed by atoms with E-state index in [0.717, 1.165) is 22.1 Å². The SMILES string of the molecule is O=Cc1cc(Br)ccc1C1CCSC1. The lowest BCUT2D eigenvalue weighted by molar-refractivity contribution is 0.112. The molecule has 0 aromatic heterocycles. The molecular weight excluding hydrogens is 260 g/mol. The van der Waals surface area contributed by atoms with E-state index in [-0.39, 0.29) is 0 Å². The Morgan fingerprint density at radius 3 is 3.00 bits per heavy atom. The van der Waals surface area contributed by atoms with Gasteiger partial charge in [-0.2, -0.15) is 11.8 Å². The third kappa shape index (κ3) is 2.04. The molecule has 0 bridgehead atoms. The van der Waals surface area contributed by atoms with Crippen LogP contribution in [0.25, 0.3) is 0 Å². The van der Waals surface area contributed by atoms with Gasteiger partial charge >= 0.3 is 0 Å². The molecule has 0 amide bonds. The maximum atomic E-state index is 10.9. The van der Waals surface area contributed by atoms with Crippen molar-refractivity contribution in [3.8, 4) is 0 Å². The highest BCUT2D eigenvalue weighted by Gasteiger charge is 2.19. The molecule has 1 aromatic carbocycles. The first-order chi connectivity index (χ1) is 6.81. The predicted molar refractivity (Wildman–Crippen MR) is 64.2 cm³/mol. The summed E-state index contributed by atoms with van der Waals surface area (Å²) in [6.07, 6.45) is 2.16. The van der Waals surface area contributed by atoms with Crippen molar-refractivity contribution >= 4 is 34.0 Å². The van der Waals surface area contributed by atoms with E-state index in [1.54, 1.807) is 0 Å². The Hall–Kier alpha value is -0.280. The minimum absolute atomic E-state index is 0.577. The van der Waals surface area contributed by atoms with Crippen molar-refractivity contribution in [2.75, 3.05) is 11.5 Å². The first-order valence-electron chi connectivity index (χ1n) is 4.63. The van der Waals surface area contributed by atoms with E-state index < -0.39 is 0 Å². The van der Waals surface area contributed by atoms with E-state index in [9.17, 15) is 4.79 Å². The standard InChI is InChI=1S/C11H11BrOS/c12-10-1-2-11(9(5-10)6-13)8-3-4-14-7-8/h1-2,5-6,8H,3-4,7H2. The van der Waals surface area contributed by atoms with Crippen LogP contribution in [0.15, 0.2) is 22.7 Å². The van der Waals surface area contributed by atoms with E-state index in [1.165, 1.54) is 17.7 Å². The Kier molecular flexibility index (Phi) is 3.29. The number of hydrogen-bond acceptors (Lipinski definition) is 2. The molecule has 0 saturated carbocycles. The van der Waals surface area contributed by atoms with E-state index in [0.29, 0.717) is 5.92 Å². The molecule has 1 fully saturated rings. The van der Waals surface area contributed by atoms with Gasteiger partial charge in [-0.25, -0.2) is 0 Å². The zero-order valence-corrected chi connectivity index (χ0v) is 10.1. The fourth-order valence-electron chi connectivity index (χ4n) is 1.80. The molecule has 0 aliphatic carbocycles. The topological polar surface area (TPSA) is 17.1 Å². The summed E-state index contributed by atoms with van der Waals surface area (Å²) in [7, 11) is 0. The lowest BCUT2D eigenvalue weighted by Gasteiger charge is -2.11. The molecule has 0 N–H and O–H groups in total. The smallest absolute Gasteiger partial charge is 0.150 e. The lowest BCUT2D eigenvalue weighted by Crippen LogP contribution is -2.00. The van der Waals surface area contributed by atoms with E-state index in [4.69, 9.17) is 0 Å². The molecule has 1 saturated heterocycles. The van der Waals surface area contributed by atoms with Gasteiger partial charge in [-0.05, 0) is 35.8 Å². The van der Waals surface area contributed by atoms with Gasteiger partial charge in [0.1, 0.15) is 6.29 Å². The van der Waals surface area contributed by atoms with Crippen molar-refractivity contribution in [2.45, 2.75) is 12.3 Å². The number of hydrogen-bond donors (Lipinski definition) is 0. The van der Waals surface area contributed by atoms with Gasteiger partial charge < -0.3 is 0 Å². The molecule has 1 atom stereocenters. The van der Waals surface area contributed by atoms with Crippen molar-refractivity contribution in [2.24, 2.45) is 0 Å². The predicted octanol–water partition coefficient (Wildman–Crippen LogP) is 3.48. The summed E-state index contributed by atoms with van der Waals surface area (Å²) in [5.41, 5.74) is 2.06. The molecule has 1 nitrogen and oxygen atoms in total. The van der Waals surface area contributed by atoms with Crippen LogP contribution in [0.2, 0.25) is 0 Å². The fourth-order valence-corrected chi connectivity index (χ4v) is 3.43. The van der Waals surface area contributed by atoms with Gasteiger partial charge in [-0.1, -0.05) is 22.0 Å². The summed E-state index contributed by atoms with van der Waals surface area (Å²) in [6, 6.07) is 6.00. The van der Waals surface area contributed by atoms with E-state index >= 15 is 0 Å². The van der Waals surface area contributed by atoms with E-state index in [2.05, 4.69) is 22.0 Å². The number of benzene rings is 1. The summed E-state index contributed by atoms with van der Waals surface area (Å²) < 4.78 is 0.981. The Morgan fingerprint density at radius 2 is 2.36 bits per heavy atom. The van der Waals surface area contributed by atoms with Gasteiger partial charge in [0.05, 0.1) is 0 Å². The van der Waals surface area contributed by atoms with Crippen LogP contribution in [-0.2, 0) is 0 Å². The van der Waals surface area contributed by atoms with Crippen molar-refractivity contribution in [1.29, 1.82) is 0 Å². The second kappa shape index (κ2) is 4.49. The monoisotopic (exact) mass is 270 g/mol. The minimum atomic E-state index is 0.577. The molecule has 0 radical (unpaired) electrons. The molecule has 1 heterocycles. The summed E-state index contributed by atoms with van der Waals surface area (Å²) in [5, 5.41) is 0. The highest BCUT2D eigenvalue weighted by Crippen LogP contribution is 2.34. The number of carbonyl (C=O) groups excluding carboxylic acids is 1. The molecule has 1 aliphatic heterocycles. The highest BCUT2D eigenvalue weighted by molar-refractivity contribution is 9.10. The third-order valence-electron chi connectivity index (χ3n) is 2.55. The number of rotatable bonds is 2. The van der Waals surface area contributed by atoms with Crippen LogP contribution in [0.4, 0.5) is 0 Å². The normalized spacial score (nSPS) is 21.1. The Bertz CT molecular complexity index is 345. The zero-order valence-electron chi connectivity index (χ0n) is 7.70. The maximum Gasteiger partial charge on any atom is 0.150 e. The minimum Gasteiger partial charge on any atom is -0.298 e. The maximum absolute atomic E-state index is 10.9. The van der Waals surface area contributed by atoms with Gasteiger partial charge in [0, 0.05) is 15.8 Å². The number of halogens is 1. The first-order valence-corrected chi connectivity index (χ1v) is 6.58. The zero-order chi connectivity index (χ0) is 9.97. The molecule has 0 spiro atoms. The summed E-state index contributed by atoms with van der Waals surface area (Å²) in [5.74, 6) is 2.95. The van der Waals surface area contributed by atoms with Crippen LogP contribution in [0, 0.1) is 0 Å². The molecule has 3 heteroatoms. The van der Waals surface area contributed by atoms with Crippen LogP contribution in [0.3, 0.4) is 0 Å². The molecule has 14 heavy (non-hydrogen) atoms. The van der Waals surface area contributed by atoms with Gasteiger partial charge in [0.25, 0.3) is 0 Å². The first kappa shape index (κ1) is 10.2. The quantitative estimate of drug-likeness (QED) is 0.766. The van der Waals surface area contributed by atoms with Crippen LogP contribution in [-0.4, -0.2) is 17.8 Å². The highest BCUT2D eigenvalue weighted by atomic mass is 79.9. The van der Waals surface area contributed by atoms with Crippen LogP contribution >= 0.6 is 27.7 Å². The van der Waals surface area contributed by atoms with E-state index in [1.807, 2.05) is 23.9 Å². The van der Waals surface area contributed by atoms with Gasteiger partial charge in [-0.3, -0.25) is 4.79 Å². The van der Waals surface area contributed by atoms with Gasteiger partial charge in [-0.15, -0.1) is 0 Å². The Labute approximate surface area is 96.4 Å². The van der Waals surface area contributed by atoms with Crippen LogP contribution in [0.5, 0.6) is 0 Å². The fraction of sp³-hybridized carbons (Fsp3) is 0.364. The van der Waals surface area contributed by atoms with Crippen molar-refractivity contribution in [1.82, 2.24) is 0 Å². The average molecular weight is 271 g/mol. The Morgan fingerprint density at radius 1 is 1.50 bits per heavy atom. The molecule has 2 rings (SSSR count). The molecule has 1 aromatic rings. The van der Waals surface area contributed by atoms with Crippen molar-refractivity contribution < 1.29 is 4.79 Å². The summed E-state index contributed by atoms with van der Waals surface area (Å²) in [6.45, 7) is 0. The second-order valence-corrected chi connectivity index (χ2v) is 5.52. The number of carbonyl (C=O) groups is 1.